The molecular formula is C18H25NOS. The molecule has 0 amide bonds. The molecule has 2 aromatic carbocycles. The lowest BCUT2D eigenvalue weighted by Crippen LogP contribution is -2.22. The second kappa shape index (κ2) is 8.30. The van der Waals surface area contributed by atoms with Crippen molar-refractivity contribution in [1.82, 2.24) is 5.32 Å². The minimum atomic E-state index is 0.466. The van der Waals surface area contributed by atoms with E-state index in [4.69, 9.17) is 4.74 Å². The van der Waals surface area contributed by atoms with Crippen LogP contribution in [0.25, 0.3) is 10.8 Å². The van der Waals surface area contributed by atoms with Crippen molar-refractivity contribution in [2.24, 2.45) is 0 Å². The highest BCUT2D eigenvalue weighted by Crippen LogP contribution is 2.28. The van der Waals surface area contributed by atoms with Crippen LogP contribution in [-0.2, 0) is 6.54 Å². The number of ether oxygens (including phenoxy) is 1. The smallest absolute Gasteiger partial charge is 0.124 e. The van der Waals surface area contributed by atoms with Gasteiger partial charge in [0.15, 0.2) is 0 Å². The van der Waals surface area contributed by atoms with Crippen molar-refractivity contribution in [3.63, 3.8) is 0 Å². The van der Waals surface area contributed by atoms with Gasteiger partial charge in [0.05, 0.1) is 6.61 Å². The molecule has 0 unspecified atom stereocenters. The predicted molar refractivity (Wildman–Crippen MR) is 94.4 cm³/mol. The van der Waals surface area contributed by atoms with E-state index in [1.807, 2.05) is 11.8 Å². The van der Waals surface area contributed by atoms with Crippen molar-refractivity contribution in [2.75, 3.05) is 18.6 Å². The van der Waals surface area contributed by atoms with Gasteiger partial charge < -0.3 is 10.1 Å². The van der Waals surface area contributed by atoms with Crippen LogP contribution < -0.4 is 10.1 Å². The van der Waals surface area contributed by atoms with Gasteiger partial charge in [-0.25, -0.2) is 0 Å². The molecule has 0 spiro atoms. The molecule has 114 valence electrons. The van der Waals surface area contributed by atoms with Gasteiger partial charge in [0.2, 0.25) is 0 Å². The lowest BCUT2D eigenvalue weighted by molar-refractivity contribution is 0.315. The molecule has 0 aromatic heterocycles. The first kappa shape index (κ1) is 16.2. The molecule has 0 aliphatic heterocycles. The van der Waals surface area contributed by atoms with E-state index in [2.05, 4.69) is 61.8 Å². The Kier molecular flexibility index (Phi) is 6.40. The largest absolute Gasteiger partial charge is 0.493 e. The van der Waals surface area contributed by atoms with Crippen LogP contribution in [0.15, 0.2) is 36.4 Å². The second-order valence-electron chi connectivity index (χ2n) is 5.49. The van der Waals surface area contributed by atoms with Crippen LogP contribution in [0.2, 0.25) is 0 Å². The van der Waals surface area contributed by atoms with Gasteiger partial charge in [-0.1, -0.05) is 44.2 Å². The van der Waals surface area contributed by atoms with E-state index >= 15 is 0 Å². The van der Waals surface area contributed by atoms with Crippen molar-refractivity contribution in [1.29, 1.82) is 0 Å². The van der Waals surface area contributed by atoms with Crippen LogP contribution >= 0.6 is 11.8 Å². The van der Waals surface area contributed by atoms with Crippen molar-refractivity contribution in [2.45, 2.75) is 32.9 Å². The molecule has 3 heteroatoms. The Morgan fingerprint density at radius 2 is 1.95 bits per heavy atom. The van der Waals surface area contributed by atoms with Crippen LogP contribution in [0.5, 0.6) is 5.75 Å². The van der Waals surface area contributed by atoms with Crippen molar-refractivity contribution >= 4 is 22.5 Å². The standard InChI is InChI=1S/C18H25NOS/c1-14(2)19-13-17-16-8-5-4-7-15(16)9-10-18(17)20-11-6-12-21-3/h4-5,7-10,14,19H,6,11-13H2,1-3H3. The summed E-state index contributed by atoms with van der Waals surface area (Å²) in [6, 6.07) is 13.2. The molecule has 0 heterocycles. The van der Waals surface area contributed by atoms with E-state index in [1.165, 1.54) is 16.3 Å². The van der Waals surface area contributed by atoms with Gasteiger partial charge in [0.25, 0.3) is 0 Å². The summed E-state index contributed by atoms with van der Waals surface area (Å²) < 4.78 is 6.03. The Labute approximate surface area is 132 Å². The van der Waals surface area contributed by atoms with E-state index in [1.54, 1.807) is 0 Å². The van der Waals surface area contributed by atoms with Gasteiger partial charge in [-0.15, -0.1) is 0 Å². The molecule has 1 N–H and O–H groups in total. The second-order valence-corrected chi connectivity index (χ2v) is 6.48. The minimum absolute atomic E-state index is 0.466. The topological polar surface area (TPSA) is 21.3 Å². The molecule has 0 bridgehead atoms. The lowest BCUT2D eigenvalue weighted by Gasteiger charge is -2.16. The molecule has 0 fully saturated rings. The average molecular weight is 303 g/mol. The molecule has 0 atom stereocenters. The van der Waals surface area contributed by atoms with E-state index in [9.17, 15) is 0 Å². The van der Waals surface area contributed by atoms with Crippen LogP contribution in [-0.4, -0.2) is 24.7 Å². The maximum atomic E-state index is 6.03. The van der Waals surface area contributed by atoms with E-state index in [0.717, 1.165) is 31.1 Å². The van der Waals surface area contributed by atoms with Crippen molar-refractivity contribution in [3.8, 4) is 5.75 Å². The fourth-order valence-electron chi connectivity index (χ4n) is 2.33. The van der Waals surface area contributed by atoms with E-state index in [-0.39, 0.29) is 0 Å². The zero-order valence-corrected chi connectivity index (χ0v) is 14.0. The molecule has 0 saturated carbocycles. The average Bonchev–Trinajstić information content (AvgIpc) is 2.49. The number of benzene rings is 2. The Balaban J connectivity index is 2.23. The molecule has 0 saturated heterocycles. The first-order chi connectivity index (χ1) is 10.2. The molecule has 2 aromatic rings. The number of thioether (sulfide) groups is 1. The summed E-state index contributed by atoms with van der Waals surface area (Å²) in [5.41, 5.74) is 1.27. The van der Waals surface area contributed by atoms with Gasteiger partial charge >= 0.3 is 0 Å². The van der Waals surface area contributed by atoms with Gasteiger partial charge in [-0.2, -0.15) is 11.8 Å². The predicted octanol–water partition coefficient (Wildman–Crippen LogP) is 4.47. The van der Waals surface area contributed by atoms with E-state index < -0.39 is 0 Å². The first-order valence-corrected chi connectivity index (χ1v) is 8.97. The summed E-state index contributed by atoms with van der Waals surface area (Å²) in [5.74, 6) is 2.16. The van der Waals surface area contributed by atoms with Crippen LogP contribution in [0.1, 0.15) is 25.8 Å². The zero-order chi connectivity index (χ0) is 15.1. The summed E-state index contributed by atoms with van der Waals surface area (Å²) in [6.07, 6.45) is 3.22. The number of rotatable bonds is 8. The van der Waals surface area contributed by atoms with Gasteiger partial charge in [0, 0.05) is 18.2 Å². The van der Waals surface area contributed by atoms with Gasteiger partial charge in [-0.3, -0.25) is 0 Å². The highest BCUT2D eigenvalue weighted by molar-refractivity contribution is 7.98. The molecule has 2 nitrogen and oxygen atoms in total. The SMILES string of the molecule is CSCCCOc1ccc2ccccc2c1CNC(C)C. The first-order valence-electron chi connectivity index (χ1n) is 7.58. The Morgan fingerprint density at radius 3 is 2.71 bits per heavy atom. The summed E-state index contributed by atoms with van der Waals surface area (Å²) in [4.78, 5) is 0. The molecule has 2 rings (SSSR count). The Bertz CT molecular complexity index is 568. The zero-order valence-electron chi connectivity index (χ0n) is 13.2. The van der Waals surface area contributed by atoms with E-state index in [0.29, 0.717) is 6.04 Å². The third kappa shape index (κ3) is 4.65. The van der Waals surface area contributed by atoms with Crippen LogP contribution in [0, 0.1) is 0 Å². The summed E-state index contributed by atoms with van der Waals surface area (Å²) >= 11 is 1.87. The third-order valence-electron chi connectivity index (χ3n) is 3.44. The highest BCUT2D eigenvalue weighted by atomic mass is 32.2. The lowest BCUT2D eigenvalue weighted by atomic mass is 10.0. The Hall–Kier alpha value is -1.19. The quantitative estimate of drug-likeness (QED) is 0.727. The Morgan fingerprint density at radius 1 is 1.14 bits per heavy atom. The highest BCUT2D eigenvalue weighted by Gasteiger charge is 2.09. The minimum Gasteiger partial charge on any atom is -0.493 e. The fourth-order valence-corrected chi connectivity index (χ4v) is 2.73. The molecular weight excluding hydrogens is 278 g/mol. The number of hydrogen-bond donors (Lipinski definition) is 1. The third-order valence-corrected chi connectivity index (χ3v) is 4.13. The van der Waals surface area contributed by atoms with Gasteiger partial charge in [-0.05, 0) is 35.3 Å². The number of hydrogen-bond acceptors (Lipinski definition) is 3. The fraction of sp³-hybridized carbons (Fsp3) is 0.444. The molecule has 0 aliphatic rings. The summed E-state index contributed by atoms with van der Waals surface area (Å²) in [6.45, 7) is 5.97. The molecule has 0 radical (unpaired) electrons. The maximum Gasteiger partial charge on any atom is 0.124 e. The normalized spacial score (nSPS) is 11.2. The van der Waals surface area contributed by atoms with Crippen molar-refractivity contribution in [3.05, 3.63) is 42.0 Å². The maximum absolute atomic E-state index is 6.03. The number of fused-ring (bicyclic) bond motifs is 1. The molecule has 0 aliphatic carbocycles. The van der Waals surface area contributed by atoms with Crippen LogP contribution in [0.4, 0.5) is 0 Å². The summed E-state index contributed by atoms with van der Waals surface area (Å²) in [7, 11) is 0. The summed E-state index contributed by atoms with van der Waals surface area (Å²) in [5, 5.41) is 6.07. The van der Waals surface area contributed by atoms with Gasteiger partial charge in [0.1, 0.15) is 5.75 Å². The monoisotopic (exact) mass is 303 g/mol. The molecule has 21 heavy (non-hydrogen) atoms. The number of nitrogens with one attached hydrogen (secondary N) is 1. The van der Waals surface area contributed by atoms with Crippen molar-refractivity contribution < 1.29 is 4.74 Å². The van der Waals surface area contributed by atoms with Crippen LogP contribution in [0.3, 0.4) is 0 Å².